The third-order valence-electron chi connectivity index (χ3n) is 6.18. The summed E-state index contributed by atoms with van der Waals surface area (Å²) in [6, 6.07) is 3.87. The Morgan fingerprint density at radius 2 is 2.19 bits per heavy atom. The Balaban J connectivity index is 1.32. The molecule has 1 saturated heterocycles. The van der Waals surface area contributed by atoms with E-state index in [0.717, 1.165) is 19.4 Å². The summed E-state index contributed by atoms with van der Waals surface area (Å²) in [7, 11) is 1.58. The summed E-state index contributed by atoms with van der Waals surface area (Å²) >= 11 is 0. The molecule has 37 heavy (non-hydrogen) atoms. The Bertz CT molecular complexity index is 1370. The number of hydrogen-bond donors (Lipinski definition) is 3. The molecule has 194 valence electrons. The van der Waals surface area contributed by atoms with Gasteiger partial charge in [-0.05, 0) is 25.8 Å². The number of nitrogens with one attached hydrogen (secondary N) is 3. The van der Waals surface area contributed by atoms with Crippen LogP contribution in [0.5, 0.6) is 11.5 Å². The number of allylic oxidation sites excluding steroid dienone is 3. The number of halogens is 2. The fourth-order valence-corrected chi connectivity index (χ4v) is 4.33. The third kappa shape index (κ3) is 5.69. The van der Waals surface area contributed by atoms with Crippen molar-refractivity contribution in [2.24, 2.45) is 0 Å². The van der Waals surface area contributed by atoms with E-state index < -0.39 is 17.6 Å². The summed E-state index contributed by atoms with van der Waals surface area (Å²) in [6.07, 6.45) is 8.53. The van der Waals surface area contributed by atoms with Crippen LogP contribution in [0.25, 0.3) is 10.9 Å². The maximum atomic E-state index is 13.9. The highest BCUT2D eigenvalue weighted by Crippen LogP contribution is 2.35. The number of aromatic nitrogens is 4. The Morgan fingerprint density at radius 1 is 1.30 bits per heavy atom. The van der Waals surface area contributed by atoms with Crippen molar-refractivity contribution >= 4 is 28.3 Å². The number of anilines is 2. The minimum atomic E-state index is -1.03. The number of ether oxygens (including phenoxy) is 2. The highest BCUT2D eigenvalue weighted by atomic mass is 19.2. The minimum absolute atomic E-state index is 0.00583. The predicted molar refractivity (Wildman–Crippen MR) is 133 cm³/mol. The van der Waals surface area contributed by atoms with Gasteiger partial charge in [-0.2, -0.15) is 5.10 Å². The monoisotopic (exact) mass is 511 g/mol. The van der Waals surface area contributed by atoms with Gasteiger partial charge < -0.3 is 25.4 Å². The van der Waals surface area contributed by atoms with E-state index in [2.05, 4.69) is 31.0 Å². The van der Waals surface area contributed by atoms with Crippen LogP contribution in [0.1, 0.15) is 25.7 Å². The molecular formula is C25H27F2N7O3. The lowest BCUT2D eigenvalue weighted by molar-refractivity contribution is -0.121. The molecule has 3 N–H and O–H groups in total. The van der Waals surface area contributed by atoms with Gasteiger partial charge in [-0.25, -0.2) is 18.7 Å². The topological polar surface area (TPSA) is 115 Å². The van der Waals surface area contributed by atoms with Crippen molar-refractivity contribution < 1.29 is 23.0 Å². The highest BCUT2D eigenvalue weighted by Gasteiger charge is 2.20. The van der Waals surface area contributed by atoms with E-state index in [1.807, 2.05) is 0 Å². The van der Waals surface area contributed by atoms with Crippen LogP contribution in [0.3, 0.4) is 0 Å². The van der Waals surface area contributed by atoms with Gasteiger partial charge in [-0.3, -0.25) is 9.48 Å². The number of benzene rings is 1. The van der Waals surface area contributed by atoms with Crippen molar-refractivity contribution in [2.75, 3.05) is 25.6 Å². The Morgan fingerprint density at radius 3 is 3.00 bits per heavy atom. The van der Waals surface area contributed by atoms with E-state index in [0.29, 0.717) is 46.9 Å². The fourth-order valence-electron chi connectivity index (χ4n) is 4.33. The average Bonchev–Trinajstić information content (AvgIpc) is 3.57. The number of fused-ring (bicyclic) bond motifs is 1. The van der Waals surface area contributed by atoms with Crippen molar-refractivity contribution in [1.29, 1.82) is 0 Å². The van der Waals surface area contributed by atoms with E-state index in [-0.39, 0.29) is 24.7 Å². The average molecular weight is 512 g/mol. The largest absolute Gasteiger partial charge is 0.497 e. The molecule has 3 heterocycles. The Labute approximate surface area is 211 Å². The summed E-state index contributed by atoms with van der Waals surface area (Å²) in [4.78, 5) is 21.1. The second-order valence-corrected chi connectivity index (χ2v) is 8.82. The van der Waals surface area contributed by atoms with Gasteiger partial charge in [-0.15, -0.1) is 0 Å². The van der Waals surface area contributed by atoms with Gasteiger partial charge in [0.05, 0.1) is 35.6 Å². The second-order valence-electron chi connectivity index (χ2n) is 8.82. The van der Waals surface area contributed by atoms with Gasteiger partial charge in [-0.1, -0.05) is 6.08 Å². The third-order valence-corrected chi connectivity index (χ3v) is 6.18. The molecule has 0 bridgehead atoms. The molecule has 1 fully saturated rings. The molecule has 5 rings (SSSR count). The number of methoxy groups -OCH3 is 1. The first-order valence-corrected chi connectivity index (χ1v) is 12.0. The van der Waals surface area contributed by atoms with E-state index in [1.165, 1.54) is 23.3 Å². The zero-order chi connectivity index (χ0) is 25.8. The Kier molecular flexibility index (Phi) is 7.26. The SMILES string of the molecule is COc1cc(OC[C@H]2CCCN2)c2c(Nc3cnn(CC(=O)NC4=CCCC(F)=C4F)c3)ncnc2c1. The van der Waals surface area contributed by atoms with Crippen LogP contribution in [0.15, 0.2) is 54.3 Å². The highest BCUT2D eigenvalue weighted by molar-refractivity contribution is 5.96. The minimum Gasteiger partial charge on any atom is -0.497 e. The van der Waals surface area contributed by atoms with Crippen molar-refractivity contribution in [3.05, 3.63) is 54.3 Å². The van der Waals surface area contributed by atoms with Gasteiger partial charge in [0.2, 0.25) is 5.91 Å². The Hall–Kier alpha value is -4.06. The number of amides is 1. The molecule has 2 aromatic heterocycles. The first kappa shape index (κ1) is 24.6. The second kappa shape index (κ2) is 10.9. The standard InChI is InChI=1S/C25H27F2N7O3/c1-36-17-8-20-23(21(9-17)37-13-15-4-3-7-28-15)25(30-14-29-20)32-16-10-31-34(11-16)12-22(35)33-19-6-2-5-18(26)24(19)27/h6,8-11,14-15,28H,2-5,7,12-13H2,1H3,(H,33,35)(H,29,30,32)/t15-/m1/s1. The number of hydrogen-bond acceptors (Lipinski definition) is 8. The smallest absolute Gasteiger partial charge is 0.246 e. The van der Waals surface area contributed by atoms with E-state index >= 15 is 0 Å². The summed E-state index contributed by atoms with van der Waals surface area (Å²) in [6.45, 7) is 1.29. The molecule has 0 radical (unpaired) electrons. The summed E-state index contributed by atoms with van der Waals surface area (Å²) in [5, 5.41) is 13.9. The van der Waals surface area contributed by atoms with Crippen molar-refractivity contribution in [3.63, 3.8) is 0 Å². The van der Waals surface area contributed by atoms with Crippen LogP contribution in [-0.2, 0) is 11.3 Å². The van der Waals surface area contributed by atoms with E-state index in [4.69, 9.17) is 9.47 Å². The number of rotatable bonds is 9. The van der Waals surface area contributed by atoms with Gasteiger partial charge >= 0.3 is 0 Å². The molecule has 12 heteroatoms. The molecular weight excluding hydrogens is 484 g/mol. The molecule has 2 aliphatic rings. The summed E-state index contributed by atoms with van der Waals surface area (Å²) in [5.41, 5.74) is 1.06. The maximum Gasteiger partial charge on any atom is 0.246 e. The van der Waals surface area contributed by atoms with Crippen molar-refractivity contribution in [3.8, 4) is 11.5 Å². The molecule has 1 atom stereocenters. The quantitative estimate of drug-likeness (QED) is 0.399. The first-order valence-electron chi connectivity index (χ1n) is 12.0. The molecule has 1 aromatic carbocycles. The molecule has 3 aromatic rings. The zero-order valence-corrected chi connectivity index (χ0v) is 20.3. The van der Waals surface area contributed by atoms with Gasteiger partial charge in [0, 0.05) is 30.8 Å². The van der Waals surface area contributed by atoms with Crippen LogP contribution < -0.4 is 25.4 Å². The van der Waals surface area contributed by atoms with Crippen LogP contribution >= 0.6 is 0 Å². The number of carbonyl (C=O) groups is 1. The molecule has 10 nitrogen and oxygen atoms in total. The summed E-state index contributed by atoms with van der Waals surface area (Å²) in [5.74, 6) is -0.717. The molecule has 1 aliphatic heterocycles. The predicted octanol–water partition coefficient (Wildman–Crippen LogP) is 3.65. The fraction of sp³-hybridized carbons (Fsp3) is 0.360. The molecule has 1 aliphatic carbocycles. The lowest BCUT2D eigenvalue weighted by Crippen LogP contribution is -2.28. The number of nitrogens with zero attached hydrogens (tertiary/aromatic N) is 4. The van der Waals surface area contributed by atoms with E-state index in [1.54, 1.807) is 25.4 Å². The maximum absolute atomic E-state index is 13.9. The van der Waals surface area contributed by atoms with Crippen LogP contribution in [0.4, 0.5) is 20.3 Å². The molecule has 0 spiro atoms. The number of carbonyl (C=O) groups excluding carboxylic acids is 1. The van der Waals surface area contributed by atoms with Crippen LogP contribution in [0, 0.1) is 0 Å². The molecule has 1 amide bonds. The normalized spacial score (nSPS) is 17.6. The van der Waals surface area contributed by atoms with E-state index in [9.17, 15) is 13.6 Å². The van der Waals surface area contributed by atoms with Gasteiger partial charge in [0.25, 0.3) is 0 Å². The zero-order valence-electron chi connectivity index (χ0n) is 20.3. The summed E-state index contributed by atoms with van der Waals surface area (Å²) < 4.78 is 40.3. The first-order chi connectivity index (χ1) is 18.0. The van der Waals surface area contributed by atoms with Crippen molar-refractivity contribution in [1.82, 2.24) is 30.4 Å². The van der Waals surface area contributed by atoms with Crippen LogP contribution in [0.2, 0.25) is 0 Å². The van der Waals surface area contributed by atoms with Crippen LogP contribution in [-0.4, -0.2) is 52.0 Å². The molecule has 0 saturated carbocycles. The van der Waals surface area contributed by atoms with Gasteiger partial charge in [0.15, 0.2) is 5.83 Å². The van der Waals surface area contributed by atoms with Gasteiger partial charge in [0.1, 0.15) is 42.6 Å². The lowest BCUT2D eigenvalue weighted by Gasteiger charge is -2.16. The van der Waals surface area contributed by atoms with Crippen molar-refractivity contribution in [2.45, 2.75) is 38.3 Å². The lowest BCUT2D eigenvalue weighted by atomic mass is 10.1. The molecule has 0 unspecified atom stereocenters.